The Labute approximate surface area is 112 Å². The molecule has 0 unspecified atom stereocenters. The average Bonchev–Trinajstić information content (AvgIpc) is 2.52. The third-order valence-corrected chi connectivity index (χ3v) is 3.62. The fourth-order valence-corrected chi connectivity index (χ4v) is 1.71. The highest BCUT2D eigenvalue weighted by Crippen LogP contribution is 2.21. The van der Waals surface area contributed by atoms with Crippen molar-refractivity contribution in [2.75, 3.05) is 6.54 Å². The second-order valence-electron chi connectivity index (χ2n) is 5.09. The molecule has 1 aromatic rings. The van der Waals surface area contributed by atoms with Crippen LogP contribution < -0.4 is 5.32 Å². The van der Waals surface area contributed by atoms with E-state index < -0.39 is 11.4 Å². The number of rotatable bonds is 6. The van der Waals surface area contributed by atoms with E-state index in [0.717, 1.165) is 11.4 Å². The van der Waals surface area contributed by atoms with Crippen molar-refractivity contribution in [3.05, 3.63) is 16.4 Å². The van der Waals surface area contributed by atoms with Crippen LogP contribution in [0, 0.1) is 12.3 Å². The van der Waals surface area contributed by atoms with E-state index in [1.807, 2.05) is 14.0 Å². The summed E-state index contributed by atoms with van der Waals surface area (Å²) in [5.74, 6) is -0.781. The molecule has 18 heavy (non-hydrogen) atoms. The van der Waals surface area contributed by atoms with Gasteiger partial charge in [-0.3, -0.25) is 9.48 Å². The van der Waals surface area contributed by atoms with Gasteiger partial charge in [0, 0.05) is 13.6 Å². The fraction of sp³-hybridized carbons (Fsp3) is 0.667. The number of hydrogen-bond donors (Lipinski definition) is 2. The first-order valence-electron chi connectivity index (χ1n) is 5.88. The Balaban J connectivity index is 2.43. The molecule has 0 aliphatic rings. The van der Waals surface area contributed by atoms with Crippen molar-refractivity contribution in [2.24, 2.45) is 12.5 Å². The van der Waals surface area contributed by atoms with Gasteiger partial charge in [-0.05, 0) is 33.7 Å². The topological polar surface area (TPSA) is 67.2 Å². The van der Waals surface area contributed by atoms with Crippen LogP contribution in [0.2, 0.25) is 5.02 Å². The molecule has 0 saturated heterocycles. The minimum absolute atomic E-state index is 0.552. The molecule has 1 aromatic heterocycles. The lowest BCUT2D eigenvalue weighted by Gasteiger charge is -2.18. The molecular weight excluding hydrogens is 254 g/mol. The van der Waals surface area contributed by atoms with Crippen molar-refractivity contribution < 1.29 is 9.90 Å². The molecule has 0 atom stereocenters. The molecule has 0 saturated carbocycles. The highest BCUT2D eigenvalue weighted by atomic mass is 35.5. The Morgan fingerprint density at radius 2 is 2.17 bits per heavy atom. The number of aryl methyl sites for hydroxylation is 1. The van der Waals surface area contributed by atoms with Crippen LogP contribution in [-0.4, -0.2) is 27.4 Å². The summed E-state index contributed by atoms with van der Waals surface area (Å²) < 4.78 is 1.74. The van der Waals surface area contributed by atoms with Gasteiger partial charge in [-0.15, -0.1) is 0 Å². The number of halogens is 1. The predicted octanol–water partition coefficient (Wildman–Crippen LogP) is 1.97. The van der Waals surface area contributed by atoms with Crippen LogP contribution in [0.25, 0.3) is 0 Å². The maximum Gasteiger partial charge on any atom is 0.309 e. The monoisotopic (exact) mass is 273 g/mol. The standard InChI is InChI=1S/C12H20ClN3O2/c1-8-10(13)9(15-16(8)4)7-14-6-5-12(2,3)11(17)18/h14H,5-7H2,1-4H3,(H,17,18). The number of carboxylic acid groups (broad SMARTS) is 1. The Bertz CT molecular complexity index is 441. The number of nitrogens with zero attached hydrogens (tertiary/aromatic N) is 2. The smallest absolute Gasteiger partial charge is 0.309 e. The van der Waals surface area contributed by atoms with Crippen LogP contribution in [0.5, 0.6) is 0 Å². The summed E-state index contributed by atoms with van der Waals surface area (Å²) in [5.41, 5.74) is 1.01. The molecule has 0 spiro atoms. The maximum atomic E-state index is 10.9. The first kappa shape index (κ1) is 15.0. The summed E-state index contributed by atoms with van der Waals surface area (Å²) in [6.07, 6.45) is 0.561. The second-order valence-corrected chi connectivity index (χ2v) is 5.46. The SMILES string of the molecule is Cc1c(Cl)c(CNCCC(C)(C)C(=O)O)nn1C. The number of aliphatic carboxylic acids is 1. The van der Waals surface area contributed by atoms with Crippen molar-refractivity contribution in [3.63, 3.8) is 0 Å². The second kappa shape index (κ2) is 5.71. The summed E-state index contributed by atoms with van der Waals surface area (Å²) in [6.45, 7) is 6.51. The number of aromatic nitrogens is 2. The van der Waals surface area contributed by atoms with Crippen molar-refractivity contribution in [1.82, 2.24) is 15.1 Å². The van der Waals surface area contributed by atoms with Crippen molar-refractivity contribution >= 4 is 17.6 Å². The van der Waals surface area contributed by atoms with E-state index >= 15 is 0 Å². The van der Waals surface area contributed by atoms with E-state index in [9.17, 15) is 4.79 Å². The molecule has 2 N–H and O–H groups in total. The molecular formula is C12H20ClN3O2. The lowest BCUT2D eigenvalue weighted by atomic mass is 9.90. The molecule has 0 radical (unpaired) electrons. The van der Waals surface area contributed by atoms with Crippen molar-refractivity contribution in [2.45, 2.75) is 33.7 Å². The van der Waals surface area contributed by atoms with Gasteiger partial charge < -0.3 is 10.4 Å². The zero-order valence-corrected chi connectivity index (χ0v) is 12.0. The highest BCUT2D eigenvalue weighted by Gasteiger charge is 2.26. The molecule has 0 aliphatic carbocycles. The molecule has 0 amide bonds. The van der Waals surface area contributed by atoms with Crippen LogP contribution in [-0.2, 0) is 18.4 Å². The summed E-state index contributed by atoms with van der Waals surface area (Å²) in [5, 5.41) is 17.1. The largest absolute Gasteiger partial charge is 0.481 e. The third kappa shape index (κ3) is 3.46. The predicted molar refractivity (Wildman–Crippen MR) is 70.7 cm³/mol. The first-order chi connectivity index (χ1) is 8.25. The molecule has 5 nitrogen and oxygen atoms in total. The lowest BCUT2D eigenvalue weighted by molar-refractivity contribution is -0.147. The number of hydrogen-bond acceptors (Lipinski definition) is 3. The molecule has 0 aromatic carbocycles. The Morgan fingerprint density at radius 3 is 2.61 bits per heavy atom. The summed E-state index contributed by atoms with van der Waals surface area (Å²) in [6, 6.07) is 0. The molecule has 1 rings (SSSR count). The van der Waals surface area contributed by atoms with Gasteiger partial charge in [0.1, 0.15) is 0 Å². The Morgan fingerprint density at radius 1 is 1.56 bits per heavy atom. The van der Waals surface area contributed by atoms with Crippen LogP contribution in [0.4, 0.5) is 0 Å². The number of carbonyl (C=O) groups is 1. The van der Waals surface area contributed by atoms with Gasteiger partial charge in [0.15, 0.2) is 0 Å². The highest BCUT2D eigenvalue weighted by molar-refractivity contribution is 6.31. The van der Waals surface area contributed by atoms with E-state index in [-0.39, 0.29) is 0 Å². The third-order valence-electron chi connectivity index (χ3n) is 3.13. The lowest BCUT2D eigenvalue weighted by Crippen LogP contribution is -2.29. The number of carboxylic acids is 1. The van der Waals surface area contributed by atoms with Crippen molar-refractivity contribution in [1.29, 1.82) is 0 Å². The summed E-state index contributed by atoms with van der Waals surface area (Å²) >= 11 is 6.12. The fourth-order valence-electron chi connectivity index (χ4n) is 1.48. The van der Waals surface area contributed by atoms with E-state index in [2.05, 4.69) is 10.4 Å². The molecule has 0 fully saturated rings. The van der Waals surface area contributed by atoms with Gasteiger partial charge in [0.2, 0.25) is 0 Å². The quantitative estimate of drug-likeness (QED) is 0.778. The first-order valence-corrected chi connectivity index (χ1v) is 6.25. The van der Waals surface area contributed by atoms with Crippen LogP contribution in [0.3, 0.4) is 0 Å². The van der Waals surface area contributed by atoms with Gasteiger partial charge in [0.05, 0.1) is 21.8 Å². The minimum Gasteiger partial charge on any atom is -0.481 e. The van der Waals surface area contributed by atoms with Gasteiger partial charge in [0.25, 0.3) is 0 Å². The molecule has 0 aliphatic heterocycles. The van der Waals surface area contributed by atoms with Crippen LogP contribution in [0.15, 0.2) is 0 Å². The summed E-state index contributed by atoms with van der Waals surface area (Å²) in [7, 11) is 1.85. The van der Waals surface area contributed by atoms with Gasteiger partial charge in [-0.1, -0.05) is 11.6 Å². The maximum absolute atomic E-state index is 10.9. The number of nitrogens with one attached hydrogen (secondary N) is 1. The normalized spacial score (nSPS) is 11.8. The van der Waals surface area contributed by atoms with Gasteiger partial charge in [-0.2, -0.15) is 5.10 Å². The van der Waals surface area contributed by atoms with E-state index in [1.54, 1.807) is 18.5 Å². The Kier molecular flexibility index (Phi) is 4.76. The zero-order chi connectivity index (χ0) is 13.9. The van der Waals surface area contributed by atoms with Crippen LogP contribution >= 0.6 is 11.6 Å². The van der Waals surface area contributed by atoms with Gasteiger partial charge in [-0.25, -0.2) is 0 Å². The van der Waals surface area contributed by atoms with E-state index in [0.29, 0.717) is 24.5 Å². The van der Waals surface area contributed by atoms with Gasteiger partial charge >= 0.3 is 5.97 Å². The molecule has 1 heterocycles. The van der Waals surface area contributed by atoms with E-state index in [4.69, 9.17) is 16.7 Å². The van der Waals surface area contributed by atoms with Crippen molar-refractivity contribution in [3.8, 4) is 0 Å². The molecule has 102 valence electrons. The zero-order valence-electron chi connectivity index (χ0n) is 11.2. The van der Waals surface area contributed by atoms with Crippen LogP contribution in [0.1, 0.15) is 31.7 Å². The Hall–Kier alpha value is -1.07. The molecule has 0 bridgehead atoms. The van der Waals surface area contributed by atoms with E-state index in [1.165, 1.54) is 0 Å². The molecule has 6 heteroatoms. The summed E-state index contributed by atoms with van der Waals surface area (Å²) in [4.78, 5) is 10.9. The average molecular weight is 274 g/mol. The minimum atomic E-state index is -0.781.